The molecule has 0 fully saturated rings. The van der Waals surface area contributed by atoms with Crippen molar-refractivity contribution in [3.05, 3.63) is 60.8 Å². The molecule has 340 valence electrons. The number of carbonyl (C=O) groups is 3. The predicted octanol–water partition coefficient (Wildman–Crippen LogP) is 13.4. The van der Waals surface area contributed by atoms with Crippen molar-refractivity contribution in [3.8, 4) is 0 Å². The second-order valence-corrected chi connectivity index (χ2v) is 17.0. The molecule has 0 aromatic carbocycles. The van der Waals surface area contributed by atoms with E-state index in [4.69, 9.17) is 14.2 Å². The lowest BCUT2D eigenvalue weighted by molar-refractivity contribution is -0.887. The van der Waals surface area contributed by atoms with Crippen molar-refractivity contribution < 1.29 is 38.2 Å². The minimum absolute atomic E-state index is 0.0537. The Bertz CT molecular complexity index is 1150. The number of rotatable bonds is 42. The lowest BCUT2D eigenvalue weighted by atomic mass is 10.1. The topological polar surface area (TPSA) is 99.1 Å². The second kappa shape index (κ2) is 41.8. The minimum Gasteiger partial charge on any atom is -0.477 e. The van der Waals surface area contributed by atoms with E-state index in [1.807, 2.05) is 21.1 Å². The van der Waals surface area contributed by atoms with Crippen molar-refractivity contribution >= 4 is 17.9 Å². The van der Waals surface area contributed by atoms with Crippen molar-refractivity contribution in [1.82, 2.24) is 0 Å². The number of ether oxygens (including phenoxy) is 3. The third-order valence-corrected chi connectivity index (χ3v) is 10.4. The molecule has 0 aliphatic heterocycles. The average Bonchev–Trinajstić information content (AvgIpc) is 3.19. The molecule has 0 rings (SSSR count). The first-order chi connectivity index (χ1) is 28.6. The quantitative estimate of drug-likeness (QED) is 0.0215. The van der Waals surface area contributed by atoms with Gasteiger partial charge in [-0.1, -0.05) is 164 Å². The van der Waals surface area contributed by atoms with E-state index in [1.165, 1.54) is 83.5 Å². The van der Waals surface area contributed by atoms with Crippen LogP contribution in [0, 0.1) is 0 Å². The third-order valence-electron chi connectivity index (χ3n) is 10.4. The first-order valence-electron chi connectivity index (χ1n) is 23.8. The summed E-state index contributed by atoms with van der Waals surface area (Å²) < 4.78 is 17.3. The van der Waals surface area contributed by atoms with Crippen LogP contribution in [0.4, 0.5) is 0 Å². The van der Waals surface area contributed by atoms with Crippen molar-refractivity contribution in [2.75, 3.05) is 41.0 Å². The van der Waals surface area contributed by atoms with Gasteiger partial charge in [-0.25, -0.2) is 4.79 Å². The summed E-state index contributed by atoms with van der Waals surface area (Å²) >= 11 is 0. The number of carboxylic acids is 1. The molecule has 0 aromatic heterocycles. The first-order valence-corrected chi connectivity index (χ1v) is 23.8. The molecule has 8 heteroatoms. The van der Waals surface area contributed by atoms with Crippen LogP contribution in [0.25, 0.3) is 0 Å². The van der Waals surface area contributed by atoms with Crippen molar-refractivity contribution in [3.63, 3.8) is 0 Å². The molecule has 1 N–H and O–H groups in total. The van der Waals surface area contributed by atoms with E-state index < -0.39 is 18.1 Å². The van der Waals surface area contributed by atoms with E-state index in [1.54, 1.807) is 0 Å². The van der Waals surface area contributed by atoms with Gasteiger partial charge in [-0.2, -0.15) is 0 Å². The zero-order valence-corrected chi connectivity index (χ0v) is 38.7. The number of allylic oxidation sites excluding steroid dienone is 10. The molecule has 0 amide bonds. The number of esters is 2. The molecule has 2 atom stereocenters. The highest BCUT2D eigenvalue weighted by atomic mass is 16.6. The van der Waals surface area contributed by atoms with Crippen molar-refractivity contribution in [1.29, 1.82) is 0 Å². The molecule has 0 aliphatic rings. The van der Waals surface area contributed by atoms with Gasteiger partial charge < -0.3 is 23.8 Å². The van der Waals surface area contributed by atoms with Gasteiger partial charge >= 0.3 is 17.9 Å². The summed E-state index contributed by atoms with van der Waals surface area (Å²) in [5, 5.41) is 9.63. The number of likely N-dealkylation sites (N-methyl/N-ethyl adjacent to an activating group) is 1. The van der Waals surface area contributed by atoms with Gasteiger partial charge in [-0.05, 0) is 70.6 Å². The van der Waals surface area contributed by atoms with Gasteiger partial charge in [0, 0.05) is 19.3 Å². The molecule has 0 radical (unpaired) electrons. The standard InChI is InChI=1S/C51H89NO7/c1-6-8-10-12-14-16-18-20-22-23-24-25-26-28-29-31-33-35-37-39-41-49(53)58-46-47(45-57-44-43-48(51(55)56)52(3,4)5)59-50(54)42-40-38-36-34-32-30-27-21-19-17-15-13-11-9-7-2/h8,10,14-17,19-22,47-48H,6-7,9,11-13,18,23-46H2,1-5H3/p+1/b10-8+,16-14+,17-15+,21-19+,22-20+. The van der Waals surface area contributed by atoms with E-state index in [0.29, 0.717) is 19.3 Å². The Morgan fingerprint density at radius 1 is 0.542 bits per heavy atom. The zero-order valence-electron chi connectivity index (χ0n) is 38.7. The van der Waals surface area contributed by atoms with Crippen LogP contribution < -0.4 is 0 Å². The average molecular weight is 829 g/mol. The molecule has 0 spiro atoms. The highest BCUT2D eigenvalue weighted by molar-refractivity contribution is 5.72. The lowest BCUT2D eigenvalue weighted by Gasteiger charge is -2.31. The molecule has 2 unspecified atom stereocenters. The van der Waals surface area contributed by atoms with E-state index in [2.05, 4.69) is 74.6 Å². The van der Waals surface area contributed by atoms with Crippen LogP contribution in [0.3, 0.4) is 0 Å². The summed E-state index contributed by atoms with van der Waals surface area (Å²) in [6.07, 6.45) is 51.2. The van der Waals surface area contributed by atoms with Gasteiger partial charge in [-0.15, -0.1) is 0 Å². The number of carboxylic acid groups (broad SMARTS) is 1. The van der Waals surface area contributed by atoms with Crippen molar-refractivity contribution in [2.24, 2.45) is 0 Å². The van der Waals surface area contributed by atoms with Gasteiger partial charge in [-0.3, -0.25) is 9.59 Å². The first kappa shape index (κ1) is 56.0. The smallest absolute Gasteiger partial charge is 0.362 e. The fourth-order valence-electron chi connectivity index (χ4n) is 6.74. The molecule has 0 aromatic rings. The Labute approximate surface area is 362 Å². The highest BCUT2D eigenvalue weighted by Crippen LogP contribution is 2.14. The van der Waals surface area contributed by atoms with Gasteiger partial charge in [0.1, 0.15) is 6.61 Å². The molecule has 0 saturated heterocycles. The fourth-order valence-corrected chi connectivity index (χ4v) is 6.74. The van der Waals surface area contributed by atoms with E-state index >= 15 is 0 Å². The third kappa shape index (κ3) is 40.2. The largest absolute Gasteiger partial charge is 0.477 e. The van der Waals surface area contributed by atoms with Crippen LogP contribution in [-0.2, 0) is 28.6 Å². The van der Waals surface area contributed by atoms with Crippen LogP contribution in [0.1, 0.15) is 194 Å². The summed E-state index contributed by atoms with van der Waals surface area (Å²) in [5.41, 5.74) is 0. The maximum atomic E-state index is 12.7. The summed E-state index contributed by atoms with van der Waals surface area (Å²) in [7, 11) is 5.52. The van der Waals surface area contributed by atoms with E-state index in [-0.39, 0.29) is 36.2 Å². The number of unbranched alkanes of at least 4 members (excludes halogenated alkanes) is 19. The molecular weight excluding hydrogens is 739 g/mol. The Kier molecular flexibility index (Phi) is 39.6. The monoisotopic (exact) mass is 829 g/mol. The number of aliphatic carboxylic acids is 1. The van der Waals surface area contributed by atoms with Crippen LogP contribution in [-0.4, -0.2) is 80.6 Å². The van der Waals surface area contributed by atoms with Crippen molar-refractivity contribution in [2.45, 2.75) is 206 Å². The number of hydrogen-bond donors (Lipinski definition) is 1. The molecular formula is C51H90NO7+. The Morgan fingerprint density at radius 2 is 1.00 bits per heavy atom. The van der Waals surface area contributed by atoms with Crippen LogP contribution in [0.15, 0.2) is 60.8 Å². The number of nitrogens with zero attached hydrogens (tertiary/aromatic N) is 1. The SMILES string of the molecule is CC/C=C/C/C=C/C/C=C/CCCCCCCCCCCCC(=O)OCC(COCCC(C(=O)O)[N+](C)(C)C)OC(=O)CCCCCCCC/C=C/C=C/CCCCC. The van der Waals surface area contributed by atoms with Gasteiger partial charge in [0.05, 0.1) is 34.4 Å². The molecule has 0 aliphatic carbocycles. The second-order valence-electron chi connectivity index (χ2n) is 17.0. The van der Waals surface area contributed by atoms with E-state index in [9.17, 15) is 19.5 Å². The van der Waals surface area contributed by atoms with E-state index in [0.717, 1.165) is 77.0 Å². The maximum Gasteiger partial charge on any atom is 0.362 e. The summed E-state index contributed by atoms with van der Waals surface area (Å²) in [6.45, 7) is 4.58. The van der Waals surface area contributed by atoms with Crippen LogP contribution in [0.5, 0.6) is 0 Å². The number of hydrogen-bond acceptors (Lipinski definition) is 6. The molecule has 59 heavy (non-hydrogen) atoms. The highest BCUT2D eigenvalue weighted by Gasteiger charge is 2.31. The van der Waals surface area contributed by atoms with Gasteiger partial charge in [0.25, 0.3) is 0 Å². The fraction of sp³-hybridized carbons (Fsp3) is 0.745. The Balaban J connectivity index is 4.29. The molecule has 0 bridgehead atoms. The normalized spacial score (nSPS) is 13.4. The number of carbonyl (C=O) groups excluding carboxylic acids is 2. The lowest BCUT2D eigenvalue weighted by Crippen LogP contribution is -2.50. The summed E-state index contributed by atoms with van der Waals surface area (Å²) in [4.78, 5) is 37.1. The molecule has 0 saturated carbocycles. The molecule has 0 heterocycles. The van der Waals surface area contributed by atoms with Crippen LogP contribution in [0.2, 0.25) is 0 Å². The van der Waals surface area contributed by atoms with Gasteiger partial charge in [0.15, 0.2) is 12.1 Å². The zero-order chi connectivity index (χ0) is 43.5. The molecule has 8 nitrogen and oxygen atoms in total. The Morgan fingerprint density at radius 3 is 1.51 bits per heavy atom. The van der Waals surface area contributed by atoms with Gasteiger partial charge in [0.2, 0.25) is 0 Å². The summed E-state index contributed by atoms with van der Waals surface area (Å²) in [5.74, 6) is -1.49. The number of quaternary nitrogens is 1. The minimum atomic E-state index is -0.879. The maximum absolute atomic E-state index is 12.7. The predicted molar refractivity (Wildman–Crippen MR) is 247 cm³/mol. The summed E-state index contributed by atoms with van der Waals surface area (Å²) in [6, 6.07) is -0.619. The Hall–Kier alpha value is -2.97. The van der Waals surface area contributed by atoms with Crippen LogP contribution >= 0.6 is 0 Å².